The zero-order chi connectivity index (χ0) is 14.3. The molecule has 1 aromatic rings. The van der Waals surface area contributed by atoms with Crippen LogP contribution in [0.1, 0.15) is 37.4 Å². The lowest BCUT2D eigenvalue weighted by Crippen LogP contribution is -2.41. The van der Waals surface area contributed by atoms with Gasteiger partial charge >= 0.3 is 0 Å². The average molecular weight is 264 g/mol. The molecule has 2 N–H and O–H groups in total. The first-order chi connectivity index (χ1) is 9.13. The molecule has 3 nitrogen and oxygen atoms in total. The number of ether oxygens (including phenoxy) is 1. The lowest BCUT2D eigenvalue weighted by molar-refractivity contribution is 0.0902. The fraction of sp³-hybridized carbons (Fsp3) is 0.625. The lowest BCUT2D eigenvalue weighted by Gasteiger charge is -2.35. The minimum absolute atomic E-state index is 0.269. The molecule has 0 saturated carbocycles. The Balaban J connectivity index is 2.91. The van der Waals surface area contributed by atoms with Crippen molar-refractivity contribution >= 4 is 0 Å². The minimum atomic E-state index is 0.269. The molecule has 0 saturated heterocycles. The molecule has 1 aromatic carbocycles. The zero-order valence-corrected chi connectivity index (χ0v) is 12.7. The molecule has 0 heterocycles. The lowest BCUT2D eigenvalue weighted by atomic mass is 10.0. The molecule has 19 heavy (non-hydrogen) atoms. The quantitative estimate of drug-likeness (QED) is 0.784. The second kappa shape index (κ2) is 8.31. The number of hydrogen-bond acceptors (Lipinski definition) is 3. The van der Waals surface area contributed by atoms with Crippen LogP contribution in [0.4, 0.5) is 0 Å². The monoisotopic (exact) mass is 264 g/mol. The summed E-state index contributed by atoms with van der Waals surface area (Å²) in [4.78, 5) is 2.45. The summed E-state index contributed by atoms with van der Waals surface area (Å²) in [6.45, 7) is 8.88. The highest BCUT2D eigenvalue weighted by Crippen LogP contribution is 2.23. The first kappa shape index (κ1) is 16.2. The van der Waals surface area contributed by atoms with Gasteiger partial charge in [0, 0.05) is 32.3 Å². The third kappa shape index (κ3) is 4.60. The van der Waals surface area contributed by atoms with E-state index in [4.69, 9.17) is 10.5 Å². The molecule has 0 aliphatic heterocycles. The molecule has 0 aliphatic carbocycles. The fourth-order valence-electron chi connectivity index (χ4n) is 2.37. The maximum absolute atomic E-state index is 6.03. The van der Waals surface area contributed by atoms with Crippen molar-refractivity contribution < 1.29 is 4.74 Å². The van der Waals surface area contributed by atoms with Crippen LogP contribution in [-0.4, -0.2) is 37.7 Å². The van der Waals surface area contributed by atoms with E-state index in [0.717, 1.165) is 19.6 Å². The van der Waals surface area contributed by atoms with Crippen LogP contribution < -0.4 is 5.73 Å². The van der Waals surface area contributed by atoms with E-state index in [2.05, 4.69) is 49.9 Å². The number of benzene rings is 1. The van der Waals surface area contributed by atoms with E-state index in [0.29, 0.717) is 12.6 Å². The van der Waals surface area contributed by atoms with Crippen molar-refractivity contribution in [2.24, 2.45) is 5.73 Å². The van der Waals surface area contributed by atoms with Crippen LogP contribution in [0.5, 0.6) is 0 Å². The van der Waals surface area contributed by atoms with E-state index >= 15 is 0 Å². The Kier molecular flexibility index (Phi) is 7.06. The largest absolute Gasteiger partial charge is 0.383 e. The summed E-state index contributed by atoms with van der Waals surface area (Å²) in [5, 5.41) is 0. The summed E-state index contributed by atoms with van der Waals surface area (Å²) in [6.07, 6.45) is 1.12. The normalized spacial score (nSPS) is 14.6. The number of aryl methyl sites for hydroxylation is 1. The molecule has 1 rings (SSSR count). The second-order valence-electron chi connectivity index (χ2n) is 5.15. The van der Waals surface area contributed by atoms with Crippen LogP contribution in [0, 0.1) is 6.92 Å². The standard InChI is InChI=1S/C16H28N2O/c1-5-14(3)18(10-11-19-4)16(12-17)15-8-6-13(2)7-9-15/h6-9,14,16H,5,10-12,17H2,1-4H3. The van der Waals surface area contributed by atoms with E-state index in [1.807, 2.05) is 0 Å². The maximum atomic E-state index is 6.03. The summed E-state index contributed by atoms with van der Waals surface area (Å²) >= 11 is 0. The Bertz CT molecular complexity index is 350. The van der Waals surface area contributed by atoms with Crippen molar-refractivity contribution in [3.05, 3.63) is 35.4 Å². The van der Waals surface area contributed by atoms with Crippen LogP contribution in [0.25, 0.3) is 0 Å². The number of nitrogens with zero attached hydrogens (tertiary/aromatic N) is 1. The second-order valence-corrected chi connectivity index (χ2v) is 5.15. The van der Waals surface area contributed by atoms with Crippen molar-refractivity contribution in [2.75, 3.05) is 26.8 Å². The van der Waals surface area contributed by atoms with Crippen LogP contribution in [0.15, 0.2) is 24.3 Å². The number of nitrogens with two attached hydrogens (primary N) is 1. The molecule has 2 atom stereocenters. The third-order valence-electron chi connectivity index (χ3n) is 3.80. The molecule has 0 spiro atoms. The van der Waals surface area contributed by atoms with E-state index < -0.39 is 0 Å². The summed E-state index contributed by atoms with van der Waals surface area (Å²) in [5.41, 5.74) is 8.61. The minimum Gasteiger partial charge on any atom is -0.383 e. The Hall–Kier alpha value is -0.900. The van der Waals surface area contributed by atoms with E-state index in [-0.39, 0.29) is 6.04 Å². The Morgan fingerprint density at radius 2 is 1.89 bits per heavy atom. The van der Waals surface area contributed by atoms with Gasteiger partial charge in [0.1, 0.15) is 0 Å². The van der Waals surface area contributed by atoms with Gasteiger partial charge in [-0.25, -0.2) is 0 Å². The summed E-state index contributed by atoms with van der Waals surface area (Å²) in [5.74, 6) is 0. The van der Waals surface area contributed by atoms with Gasteiger partial charge in [-0.2, -0.15) is 0 Å². The highest BCUT2D eigenvalue weighted by atomic mass is 16.5. The Labute approximate surface area is 117 Å². The average Bonchev–Trinajstić information content (AvgIpc) is 2.44. The van der Waals surface area contributed by atoms with Crippen LogP contribution >= 0.6 is 0 Å². The molecule has 108 valence electrons. The van der Waals surface area contributed by atoms with Crippen molar-refractivity contribution in [1.82, 2.24) is 4.90 Å². The molecule has 3 heteroatoms. The van der Waals surface area contributed by atoms with Gasteiger partial charge in [0.05, 0.1) is 6.61 Å². The van der Waals surface area contributed by atoms with Gasteiger partial charge in [0.15, 0.2) is 0 Å². The summed E-state index contributed by atoms with van der Waals surface area (Å²) in [7, 11) is 1.75. The highest BCUT2D eigenvalue weighted by molar-refractivity contribution is 5.24. The van der Waals surface area contributed by atoms with Gasteiger partial charge in [0.25, 0.3) is 0 Å². The van der Waals surface area contributed by atoms with Gasteiger partial charge in [0.2, 0.25) is 0 Å². The van der Waals surface area contributed by atoms with Crippen molar-refractivity contribution in [2.45, 2.75) is 39.3 Å². The van der Waals surface area contributed by atoms with Crippen LogP contribution in [-0.2, 0) is 4.74 Å². The highest BCUT2D eigenvalue weighted by Gasteiger charge is 2.22. The van der Waals surface area contributed by atoms with Crippen LogP contribution in [0.3, 0.4) is 0 Å². The third-order valence-corrected chi connectivity index (χ3v) is 3.80. The number of hydrogen-bond donors (Lipinski definition) is 1. The summed E-state index contributed by atoms with van der Waals surface area (Å²) < 4.78 is 5.23. The molecule has 0 fully saturated rings. The zero-order valence-electron chi connectivity index (χ0n) is 12.7. The smallest absolute Gasteiger partial charge is 0.0590 e. The predicted molar refractivity (Wildman–Crippen MR) is 81.3 cm³/mol. The number of rotatable bonds is 8. The summed E-state index contributed by atoms with van der Waals surface area (Å²) in [6, 6.07) is 9.46. The Morgan fingerprint density at radius 1 is 1.26 bits per heavy atom. The molecule has 0 bridgehead atoms. The first-order valence-corrected chi connectivity index (χ1v) is 7.15. The van der Waals surface area contributed by atoms with Crippen molar-refractivity contribution in [3.63, 3.8) is 0 Å². The predicted octanol–water partition coefficient (Wildman–Crippen LogP) is 2.74. The van der Waals surface area contributed by atoms with Gasteiger partial charge in [-0.3, -0.25) is 4.90 Å². The van der Waals surface area contributed by atoms with Crippen molar-refractivity contribution in [3.8, 4) is 0 Å². The van der Waals surface area contributed by atoms with E-state index in [1.165, 1.54) is 11.1 Å². The number of methoxy groups -OCH3 is 1. The van der Waals surface area contributed by atoms with E-state index in [1.54, 1.807) is 7.11 Å². The fourth-order valence-corrected chi connectivity index (χ4v) is 2.37. The molecule has 0 radical (unpaired) electrons. The van der Waals surface area contributed by atoms with Gasteiger partial charge < -0.3 is 10.5 Å². The van der Waals surface area contributed by atoms with Crippen LogP contribution in [0.2, 0.25) is 0 Å². The van der Waals surface area contributed by atoms with Gasteiger partial charge in [-0.15, -0.1) is 0 Å². The Morgan fingerprint density at radius 3 is 2.37 bits per heavy atom. The molecule has 0 amide bonds. The molecule has 2 unspecified atom stereocenters. The SMILES string of the molecule is CCC(C)N(CCOC)C(CN)c1ccc(C)cc1. The molecular formula is C16H28N2O. The van der Waals surface area contributed by atoms with Gasteiger partial charge in [-0.1, -0.05) is 36.8 Å². The molecule has 0 aliphatic rings. The first-order valence-electron chi connectivity index (χ1n) is 7.15. The van der Waals surface area contributed by atoms with E-state index in [9.17, 15) is 0 Å². The van der Waals surface area contributed by atoms with Gasteiger partial charge in [-0.05, 0) is 25.8 Å². The van der Waals surface area contributed by atoms with Crippen molar-refractivity contribution in [1.29, 1.82) is 0 Å². The molecule has 0 aromatic heterocycles. The molecular weight excluding hydrogens is 236 g/mol. The topological polar surface area (TPSA) is 38.5 Å². The maximum Gasteiger partial charge on any atom is 0.0590 e.